The van der Waals surface area contributed by atoms with E-state index in [1.807, 2.05) is 0 Å². The van der Waals surface area contributed by atoms with Crippen LogP contribution >= 0.6 is 0 Å². The van der Waals surface area contributed by atoms with Gasteiger partial charge in [0.25, 0.3) is 0 Å². The summed E-state index contributed by atoms with van der Waals surface area (Å²) in [6.07, 6.45) is 14.4. The molecule has 1 N–H and O–H groups in total. The molecule has 0 aromatic carbocycles. The number of H-pyrrole nitrogens is 1. The highest BCUT2D eigenvalue weighted by Gasteiger charge is 2.14. The molecule has 2 aromatic heterocycles. The van der Waals surface area contributed by atoms with Crippen LogP contribution in [0.1, 0.15) is 93.1 Å². The van der Waals surface area contributed by atoms with Crippen molar-refractivity contribution in [2.75, 3.05) is 6.61 Å². The van der Waals surface area contributed by atoms with Crippen molar-refractivity contribution in [3.8, 4) is 5.75 Å². The van der Waals surface area contributed by atoms with Gasteiger partial charge in [-0.1, -0.05) is 64.7 Å². The molecule has 0 fully saturated rings. The van der Waals surface area contributed by atoms with Crippen LogP contribution in [0.5, 0.6) is 5.75 Å². The molecular formula is C22H33NO6. The number of esters is 1. The van der Waals surface area contributed by atoms with Gasteiger partial charge in [0.2, 0.25) is 0 Å². The average Bonchev–Trinajstić information content (AvgIpc) is 3.30. The minimum Gasteiger partial charge on any atom is -0.492 e. The molecule has 0 aliphatic rings. The monoisotopic (exact) mass is 407 g/mol. The van der Waals surface area contributed by atoms with E-state index in [9.17, 15) is 9.59 Å². The van der Waals surface area contributed by atoms with E-state index in [1.165, 1.54) is 51.4 Å². The van der Waals surface area contributed by atoms with E-state index in [1.54, 1.807) is 19.2 Å². The van der Waals surface area contributed by atoms with Gasteiger partial charge in [0.15, 0.2) is 18.1 Å². The van der Waals surface area contributed by atoms with Gasteiger partial charge in [-0.05, 0) is 13.3 Å². The first-order valence-corrected chi connectivity index (χ1v) is 10.7. The molecule has 0 unspecified atom stereocenters. The summed E-state index contributed by atoms with van der Waals surface area (Å²) in [5.74, 6) is -0.251. The fraction of sp³-hybridized carbons (Fsp3) is 0.636. The Balaban J connectivity index is 1.55. The number of aryl methyl sites for hydroxylation is 1. The number of carbonyl (C=O) groups is 1. The van der Waals surface area contributed by atoms with E-state index in [0.717, 1.165) is 12.8 Å². The van der Waals surface area contributed by atoms with Crippen molar-refractivity contribution in [2.45, 2.75) is 84.7 Å². The highest BCUT2D eigenvalue weighted by Crippen LogP contribution is 2.16. The summed E-state index contributed by atoms with van der Waals surface area (Å²) in [7, 11) is 0. The predicted molar refractivity (Wildman–Crippen MR) is 109 cm³/mol. The second-order valence-corrected chi connectivity index (χ2v) is 7.29. The summed E-state index contributed by atoms with van der Waals surface area (Å²) in [6.45, 7) is 4.28. The molecule has 2 aromatic rings. The fourth-order valence-corrected chi connectivity index (χ4v) is 3.07. The molecular weight excluding hydrogens is 374 g/mol. The van der Waals surface area contributed by atoms with Crippen molar-refractivity contribution in [2.24, 2.45) is 0 Å². The smallest absolute Gasteiger partial charge is 0.492 e. The zero-order chi connectivity index (χ0) is 20.9. The molecule has 0 radical (unpaired) electrons. The van der Waals surface area contributed by atoms with E-state index in [4.69, 9.17) is 18.3 Å². The van der Waals surface area contributed by atoms with Crippen molar-refractivity contribution in [1.29, 1.82) is 0 Å². The van der Waals surface area contributed by atoms with E-state index in [-0.39, 0.29) is 18.1 Å². The number of nitrogens with one attached hydrogen (secondary N) is 1. The first kappa shape index (κ1) is 22.8. The summed E-state index contributed by atoms with van der Waals surface area (Å²) in [5.41, 5.74) is 0.284. The third-order valence-electron chi connectivity index (χ3n) is 4.81. The van der Waals surface area contributed by atoms with Crippen LogP contribution in [0.3, 0.4) is 0 Å². The van der Waals surface area contributed by atoms with E-state index in [2.05, 4.69) is 11.9 Å². The number of carbonyl (C=O) groups excluding carboxylic acids is 1. The summed E-state index contributed by atoms with van der Waals surface area (Å²) in [5, 5.41) is 0. The zero-order valence-electron chi connectivity index (χ0n) is 17.6. The maximum Gasteiger partial charge on any atom is 0.519 e. The number of aromatic amines is 1. The van der Waals surface area contributed by atoms with Gasteiger partial charge in [-0.3, -0.25) is 0 Å². The molecule has 0 bridgehead atoms. The van der Waals surface area contributed by atoms with Gasteiger partial charge in [-0.25, -0.2) is 9.59 Å². The highest BCUT2D eigenvalue weighted by atomic mass is 16.6. The van der Waals surface area contributed by atoms with Gasteiger partial charge in [-0.2, -0.15) is 0 Å². The Morgan fingerprint density at radius 3 is 2.28 bits per heavy atom. The van der Waals surface area contributed by atoms with Crippen molar-refractivity contribution in [1.82, 2.24) is 4.98 Å². The Labute approximate surface area is 171 Å². The zero-order valence-corrected chi connectivity index (χ0v) is 17.6. The molecule has 7 nitrogen and oxygen atoms in total. The van der Waals surface area contributed by atoms with Crippen molar-refractivity contribution in [3.63, 3.8) is 0 Å². The average molecular weight is 408 g/mol. The lowest BCUT2D eigenvalue weighted by molar-refractivity contribution is 0.0436. The molecule has 0 saturated heterocycles. The van der Waals surface area contributed by atoms with Gasteiger partial charge in [0.1, 0.15) is 11.4 Å². The standard InChI is InChI=1S/C22H33NO6/c1-3-4-5-6-7-8-9-10-11-12-13-26-18-14-19(23-15-18)21(24)27-16-20-17(2)28-22(25)29-20/h14-15,23H,3-13,16H2,1-2H3. The highest BCUT2D eigenvalue weighted by molar-refractivity contribution is 5.87. The van der Waals surface area contributed by atoms with Crippen LogP contribution in [0.4, 0.5) is 0 Å². The number of unbranched alkanes of at least 4 members (excludes halogenated alkanes) is 9. The summed E-state index contributed by atoms with van der Waals surface area (Å²) in [4.78, 5) is 25.9. The van der Waals surface area contributed by atoms with Crippen molar-refractivity contribution in [3.05, 3.63) is 40.1 Å². The number of hydrogen-bond donors (Lipinski definition) is 1. The van der Waals surface area contributed by atoms with Gasteiger partial charge < -0.3 is 23.3 Å². The maximum atomic E-state index is 12.0. The SMILES string of the molecule is CCCCCCCCCCCCOc1c[nH]c(C(=O)OCc2oc(=O)oc2C)c1. The third kappa shape index (κ3) is 8.62. The molecule has 7 heteroatoms. The lowest BCUT2D eigenvalue weighted by Gasteiger charge is -2.04. The molecule has 0 amide bonds. The van der Waals surface area contributed by atoms with Crippen LogP contribution in [0.2, 0.25) is 0 Å². The topological polar surface area (TPSA) is 94.7 Å². The molecule has 0 saturated carbocycles. The van der Waals surface area contributed by atoms with E-state index in [0.29, 0.717) is 18.1 Å². The first-order chi connectivity index (χ1) is 14.1. The molecule has 0 aliphatic carbocycles. The number of rotatable bonds is 15. The lowest BCUT2D eigenvalue weighted by Crippen LogP contribution is -2.05. The number of hydrogen-bond acceptors (Lipinski definition) is 6. The van der Waals surface area contributed by atoms with Gasteiger partial charge in [-0.15, -0.1) is 0 Å². The van der Waals surface area contributed by atoms with Gasteiger partial charge in [0.05, 0.1) is 6.61 Å². The van der Waals surface area contributed by atoms with Gasteiger partial charge in [0, 0.05) is 12.3 Å². The Hall–Kier alpha value is -2.44. The van der Waals surface area contributed by atoms with Crippen LogP contribution < -0.4 is 10.6 Å². The molecule has 29 heavy (non-hydrogen) atoms. The molecule has 0 atom stereocenters. The minimum atomic E-state index is -0.809. The Bertz CT molecular complexity index is 772. The van der Waals surface area contributed by atoms with Crippen molar-refractivity contribution < 1.29 is 23.1 Å². The van der Waals surface area contributed by atoms with Crippen LogP contribution in [0.25, 0.3) is 0 Å². The number of ether oxygens (including phenoxy) is 2. The second-order valence-electron chi connectivity index (χ2n) is 7.29. The first-order valence-electron chi connectivity index (χ1n) is 10.7. The lowest BCUT2D eigenvalue weighted by atomic mass is 10.1. The van der Waals surface area contributed by atoms with Crippen LogP contribution in [0, 0.1) is 6.92 Å². The summed E-state index contributed by atoms with van der Waals surface area (Å²) >= 11 is 0. The molecule has 0 aliphatic heterocycles. The normalized spacial score (nSPS) is 11.0. The molecule has 2 rings (SSSR count). The van der Waals surface area contributed by atoms with Crippen LogP contribution in [-0.4, -0.2) is 17.6 Å². The van der Waals surface area contributed by atoms with Crippen molar-refractivity contribution >= 4 is 5.97 Å². The maximum absolute atomic E-state index is 12.0. The quantitative estimate of drug-likeness (QED) is 0.308. The second kappa shape index (κ2) is 12.9. The van der Waals surface area contributed by atoms with E-state index < -0.39 is 11.8 Å². The van der Waals surface area contributed by atoms with Gasteiger partial charge >= 0.3 is 11.8 Å². The number of aromatic nitrogens is 1. The van der Waals surface area contributed by atoms with Crippen LogP contribution in [-0.2, 0) is 11.3 Å². The van der Waals surface area contributed by atoms with Crippen LogP contribution in [0.15, 0.2) is 25.9 Å². The molecule has 162 valence electrons. The minimum absolute atomic E-state index is 0.162. The predicted octanol–water partition coefficient (Wildman–Crippen LogP) is 5.53. The Morgan fingerprint density at radius 1 is 1.00 bits per heavy atom. The van der Waals surface area contributed by atoms with E-state index >= 15 is 0 Å². The molecule has 2 heterocycles. The Kier molecular flexibility index (Phi) is 10.2. The fourth-order valence-electron chi connectivity index (χ4n) is 3.07. The summed E-state index contributed by atoms with van der Waals surface area (Å²) in [6, 6.07) is 1.61. The Morgan fingerprint density at radius 2 is 1.66 bits per heavy atom. The largest absolute Gasteiger partial charge is 0.519 e. The third-order valence-corrected chi connectivity index (χ3v) is 4.81. The summed E-state index contributed by atoms with van der Waals surface area (Å²) < 4.78 is 20.3. The molecule has 0 spiro atoms.